The number of carbonyl (C=O) groups excluding carboxylic acids is 1. The quantitative estimate of drug-likeness (QED) is 0.755. The van der Waals surface area contributed by atoms with Crippen molar-refractivity contribution in [3.63, 3.8) is 0 Å². The van der Waals surface area contributed by atoms with Gasteiger partial charge in [0.25, 0.3) is 0 Å². The molecule has 1 aliphatic heterocycles. The lowest BCUT2D eigenvalue weighted by atomic mass is 9.99. The van der Waals surface area contributed by atoms with Crippen molar-refractivity contribution in [1.82, 2.24) is 10.2 Å². The molecule has 2 amide bonds. The highest BCUT2D eigenvalue weighted by molar-refractivity contribution is 7.89. The fraction of sp³-hybridized carbons (Fsp3) is 0.769. The minimum absolute atomic E-state index is 0.0216. The van der Waals surface area contributed by atoms with Gasteiger partial charge in [-0.2, -0.15) is 0 Å². The smallest absolute Gasteiger partial charge is 0.317 e. The number of allylic oxidation sites excluding steroid dienone is 1. The highest BCUT2D eigenvalue weighted by atomic mass is 32.2. The number of urea groups is 1. The van der Waals surface area contributed by atoms with E-state index in [-0.39, 0.29) is 23.7 Å². The highest BCUT2D eigenvalue weighted by Gasteiger charge is 2.26. The average molecular weight is 301 g/mol. The minimum atomic E-state index is -3.41. The maximum Gasteiger partial charge on any atom is 0.317 e. The standard InChI is InChI=1S/C13H23N3O3S/c14-20(18,19)10-11-6-8-16(9-7-11)13(17)15-12-4-2-1-3-5-12/h2,4,11-12H,1,3,5-10H2,(H,15,17)(H2,14,18,19). The third kappa shape index (κ3) is 4.79. The molecule has 0 saturated carbocycles. The fourth-order valence-electron chi connectivity index (χ4n) is 2.81. The van der Waals surface area contributed by atoms with Crippen LogP contribution in [-0.2, 0) is 10.0 Å². The molecule has 2 rings (SSSR count). The molecule has 114 valence electrons. The van der Waals surface area contributed by atoms with Crippen molar-refractivity contribution >= 4 is 16.1 Å². The number of hydrogen-bond acceptors (Lipinski definition) is 3. The molecular formula is C13H23N3O3S. The molecule has 2 aliphatic rings. The number of rotatable bonds is 3. The first-order valence-electron chi connectivity index (χ1n) is 7.16. The van der Waals surface area contributed by atoms with E-state index in [0.717, 1.165) is 19.3 Å². The molecule has 0 aromatic heterocycles. The second kappa shape index (κ2) is 6.58. The van der Waals surface area contributed by atoms with E-state index in [1.165, 1.54) is 0 Å². The lowest BCUT2D eigenvalue weighted by Gasteiger charge is -2.32. The first-order valence-corrected chi connectivity index (χ1v) is 8.88. The number of carbonyl (C=O) groups is 1. The molecule has 0 bridgehead atoms. The Morgan fingerprint density at radius 1 is 1.30 bits per heavy atom. The lowest BCUT2D eigenvalue weighted by Crippen LogP contribution is -2.48. The molecule has 0 spiro atoms. The molecule has 0 aromatic carbocycles. The van der Waals surface area contributed by atoms with Gasteiger partial charge in [0.2, 0.25) is 10.0 Å². The van der Waals surface area contributed by atoms with Crippen LogP contribution in [0.4, 0.5) is 4.79 Å². The van der Waals surface area contributed by atoms with Gasteiger partial charge in [0, 0.05) is 19.1 Å². The van der Waals surface area contributed by atoms with Crippen molar-refractivity contribution in [2.45, 2.75) is 38.1 Å². The number of nitrogens with zero attached hydrogens (tertiary/aromatic N) is 1. The van der Waals surface area contributed by atoms with Crippen LogP contribution < -0.4 is 10.5 Å². The summed E-state index contributed by atoms with van der Waals surface area (Å²) in [7, 11) is -3.41. The predicted octanol–water partition coefficient (Wildman–Crippen LogP) is 0.805. The summed E-state index contributed by atoms with van der Waals surface area (Å²) >= 11 is 0. The molecule has 20 heavy (non-hydrogen) atoms. The van der Waals surface area contributed by atoms with E-state index in [1.54, 1.807) is 4.90 Å². The largest absolute Gasteiger partial charge is 0.332 e. The minimum Gasteiger partial charge on any atom is -0.332 e. The zero-order valence-electron chi connectivity index (χ0n) is 11.6. The van der Waals surface area contributed by atoms with Gasteiger partial charge in [-0.05, 0) is 38.0 Å². The number of sulfonamides is 1. The van der Waals surface area contributed by atoms with Gasteiger partial charge < -0.3 is 10.2 Å². The van der Waals surface area contributed by atoms with Crippen LogP contribution in [0.25, 0.3) is 0 Å². The second-order valence-corrected chi connectivity index (χ2v) is 7.33. The number of likely N-dealkylation sites (tertiary alicyclic amines) is 1. The third-order valence-corrected chi connectivity index (χ3v) is 4.87. The van der Waals surface area contributed by atoms with Crippen molar-refractivity contribution in [2.75, 3.05) is 18.8 Å². The van der Waals surface area contributed by atoms with Crippen LogP contribution in [0.5, 0.6) is 0 Å². The number of amides is 2. The molecular weight excluding hydrogens is 278 g/mol. The molecule has 1 unspecified atom stereocenters. The van der Waals surface area contributed by atoms with Crippen LogP contribution in [0.3, 0.4) is 0 Å². The summed E-state index contributed by atoms with van der Waals surface area (Å²) in [5, 5.41) is 8.07. The van der Waals surface area contributed by atoms with Crippen LogP contribution in [0.2, 0.25) is 0 Å². The Labute approximate surface area is 120 Å². The van der Waals surface area contributed by atoms with Crippen molar-refractivity contribution in [2.24, 2.45) is 11.1 Å². The predicted molar refractivity (Wildman–Crippen MR) is 77.6 cm³/mol. The normalized spacial score (nSPS) is 24.6. The summed E-state index contributed by atoms with van der Waals surface area (Å²) in [6.07, 6.45) is 8.74. The van der Waals surface area contributed by atoms with Crippen molar-refractivity contribution in [1.29, 1.82) is 0 Å². The average Bonchev–Trinajstić information content (AvgIpc) is 2.39. The van der Waals surface area contributed by atoms with E-state index in [4.69, 9.17) is 5.14 Å². The van der Waals surface area contributed by atoms with Crippen molar-refractivity contribution in [3.05, 3.63) is 12.2 Å². The summed E-state index contributed by atoms with van der Waals surface area (Å²) in [5.41, 5.74) is 0. The summed E-state index contributed by atoms with van der Waals surface area (Å²) in [4.78, 5) is 13.9. The van der Waals surface area contributed by atoms with Gasteiger partial charge in [0.1, 0.15) is 0 Å². The van der Waals surface area contributed by atoms with Crippen LogP contribution in [0.1, 0.15) is 32.1 Å². The first-order chi connectivity index (χ1) is 9.44. The van der Waals surface area contributed by atoms with E-state index in [0.29, 0.717) is 25.9 Å². The summed E-state index contributed by atoms with van der Waals surface area (Å²) in [6, 6.07) is 0.0917. The summed E-state index contributed by atoms with van der Waals surface area (Å²) in [5.74, 6) is 0.0945. The molecule has 1 fully saturated rings. The molecule has 1 atom stereocenters. The van der Waals surface area contributed by atoms with Crippen LogP contribution in [0.15, 0.2) is 12.2 Å². The van der Waals surface area contributed by atoms with Gasteiger partial charge in [-0.1, -0.05) is 12.2 Å². The Hall–Kier alpha value is -1.08. The Balaban J connectivity index is 1.76. The lowest BCUT2D eigenvalue weighted by molar-refractivity contribution is 0.172. The van der Waals surface area contributed by atoms with Gasteiger partial charge >= 0.3 is 6.03 Å². The van der Waals surface area contributed by atoms with Gasteiger partial charge in [-0.15, -0.1) is 0 Å². The Bertz CT molecular complexity index is 467. The van der Waals surface area contributed by atoms with Crippen LogP contribution in [-0.4, -0.2) is 44.2 Å². The number of piperidine rings is 1. The molecule has 7 heteroatoms. The van der Waals surface area contributed by atoms with E-state index in [2.05, 4.69) is 17.5 Å². The Morgan fingerprint density at radius 2 is 2.00 bits per heavy atom. The van der Waals surface area contributed by atoms with Gasteiger partial charge in [-0.3, -0.25) is 0 Å². The SMILES string of the molecule is NS(=O)(=O)CC1CCN(C(=O)NC2C=CCCC2)CC1. The molecule has 1 heterocycles. The monoisotopic (exact) mass is 301 g/mol. The number of nitrogens with one attached hydrogen (secondary N) is 1. The maximum atomic E-state index is 12.1. The molecule has 0 radical (unpaired) electrons. The van der Waals surface area contributed by atoms with Gasteiger partial charge in [0.15, 0.2) is 0 Å². The van der Waals surface area contributed by atoms with Gasteiger partial charge in [-0.25, -0.2) is 18.4 Å². The fourth-order valence-corrected chi connectivity index (χ4v) is 3.80. The topological polar surface area (TPSA) is 92.5 Å². The van der Waals surface area contributed by atoms with Crippen LogP contribution in [0, 0.1) is 5.92 Å². The molecule has 3 N–H and O–H groups in total. The van der Waals surface area contributed by atoms with Crippen molar-refractivity contribution < 1.29 is 13.2 Å². The zero-order chi connectivity index (χ0) is 14.6. The van der Waals surface area contributed by atoms with E-state index in [9.17, 15) is 13.2 Å². The van der Waals surface area contributed by atoms with Gasteiger partial charge in [0.05, 0.1) is 5.75 Å². The second-order valence-electron chi connectivity index (χ2n) is 5.67. The molecule has 0 aromatic rings. The zero-order valence-corrected chi connectivity index (χ0v) is 12.4. The maximum absolute atomic E-state index is 12.1. The van der Waals surface area contributed by atoms with Crippen LogP contribution >= 0.6 is 0 Å². The Morgan fingerprint density at radius 3 is 2.55 bits per heavy atom. The number of nitrogens with two attached hydrogens (primary N) is 1. The van der Waals surface area contributed by atoms with E-state index in [1.807, 2.05) is 0 Å². The third-order valence-electron chi connectivity index (χ3n) is 3.93. The summed E-state index contributed by atoms with van der Waals surface area (Å²) < 4.78 is 22.1. The number of primary sulfonamides is 1. The molecule has 1 aliphatic carbocycles. The first kappa shape index (κ1) is 15.3. The molecule has 1 saturated heterocycles. The molecule has 6 nitrogen and oxygen atoms in total. The van der Waals surface area contributed by atoms with E-state index < -0.39 is 10.0 Å². The Kier molecular flexibility index (Phi) is 5.04. The van der Waals surface area contributed by atoms with Crippen molar-refractivity contribution in [3.8, 4) is 0 Å². The van der Waals surface area contributed by atoms with E-state index >= 15 is 0 Å². The number of hydrogen-bond donors (Lipinski definition) is 2. The summed E-state index contributed by atoms with van der Waals surface area (Å²) in [6.45, 7) is 1.20. The highest BCUT2D eigenvalue weighted by Crippen LogP contribution is 2.19.